The number of rotatable bonds is 9. The van der Waals surface area contributed by atoms with Crippen LogP contribution in [0.15, 0.2) is 48.5 Å². The highest BCUT2D eigenvalue weighted by molar-refractivity contribution is 5.86. The number of carbonyl (C=O) groups excluding carboxylic acids is 2. The Balaban J connectivity index is 1.49. The van der Waals surface area contributed by atoms with Crippen molar-refractivity contribution in [2.75, 3.05) is 20.2 Å². The van der Waals surface area contributed by atoms with Gasteiger partial charge in [-0.2, -0.15) is 0 Å². The SMILES string of the molecule is CCC(C)(O)C(=O)CCCCN(C)C(=O)OCC1c2ccccc2-c2ccccc21. The molecule has 2 aromatic rings. The lowest BCUT2D eigenvalue weighted by Gasteiger charge is -2.21. The van der Waals surface area contributed by atoms with Crippen molar-refractivity contribution in [2.45, 2.75) is 51.0 Å². The molecule has 1 N–H and O–H groups in total. The first-order chi connectivity index (χ1) is 14.3. The summed E-state index contributed by atoms with van der Waals surface area (Å²) in [5.74, 6) is -0.0996. The van der Waals surface area contributed by atoms with E-state index in [0.717, 1.165) is 0 Å². The van der Waals surface area contributed by atoms with Gasteiger partial charge in [-0.3, -0.25) is 4.79 Å². The highest BCUT2D eigenvalue weighted by atomic mass is 16.6. The van der Waals surface area contributed by atoms with Crippen LogP contribution in [0.25, 0.3) is 11.1 Å². The fourth-order valence-corrected chi connectivity index (χ4v) is 3.90. The van der Waals surface area contributed by atoms with Crippen molar-refractivity contribution in [1.82, 2.24) is 4.90 Å². The molecule has 0 aliphatic heterocycles. The van der Waals surface area contributed by atoms with Crippen molar-refractivity contribution < 1.29 is 19.4 Å². The van der Waals surface area contributed by atoms with E-state index in [1.54, 1.807) is 25.8 Å². The van der Waals surface area contributed by atoms with E-state index in [-0.39, 0.29) is 17.8 Å². The van der Waals surface area contributed by atoms with Gasteiger partial charge in [0, 0.05) is 25.9 Å². The number of aliphatic hydroxyl groups is 1. The van der Waals surface area contributed by atoms with Crippen LogP contribution in [0.2, 0.25) is 0 Å². The molecule has 0 saturated heterocycles. The summed E-state index contributed by atoms with van der Waals surface area (Å²) in [4.78, 5) is 26.0. The summed E-state index contributed by atoms with van der Waals surface area (Å²) < 4.78 is 5.63. The lowest BCUT2D eigenvalue weighted by Crippen LogP contribution is -2.34. The second kappa shape index (κ2) is 9.43. The van der Waals surface area contributed by atoms with Crippen LogP contribution in [-0.4, -0.2) is 47.7 Å². The van der Waals surface area contributed by atoms with Gasteiger partial charge in [0.15, 0.2) is 5.78 Å². The lowest BCUT2D eigenvalue weighted by molar-refractivity contribution is -0.136. The Morgan fingerprint density at radius 3 is 2.17 bits per heavy atom. The maximum absolute atomic E-state index is 12.5. The van der Waals surface area contributed by atoms with E-state index in [1.807, 2.05) is 24.3 Å². The Morgan fingerprint density at radius 1 is 1.03 bits per heavy atom. The van der Waals surface area contributed by atoms with Gasteiger partial charge in [0.2, 0.25) is 0 Å². The first-order valence-corrected chi connectivity index (χ1v) is 10.7. The quantitative estimate of drug-likeness (QED) is 0.606. The average Bonchev–Trinajstić information content (AvgIpc) is 3.08. The monoisotopic (exact) mass is 409 g/mol. The van der Waals surface area contributed by atoms with Gasteiger partial charge in [-0.05, 0) is 48.4 Å². The number of fused-ring (bicyclic) bond motifs is 3. The van der Waals surface area contributed by atoms with Gasteiger partial charge in [0.25, 0.3) is 0 Å². The van der Waals surface area contributed by atoms with Gasteiger partial charge in [-0.15, -0.1) is 0 Å². The molecule has 30 heavy (non-hydrogen) atoms. The molecule has 0 saturated carbocycles. The maximum Gasteiger partial charge on any atom is 0.409 e. The summed E-state index contributed by atoms with van der Waals surface area (Å²) in [6.45, 7) is 4.16. The van der Waals surface area contributed by atoms with E-state index in [1.165, 1.54) is 22.3 Å². The maximum atomic E-state index is 12.5. The zero-order valence-corrected chi connectivity index (χ0v) is 18.1. The summed E-state index contributed by atoms with van der Waals surface area (Å²) in [5, 5.41) is 9.97. The molecule has 0 radical (unpaired) electrons. The van der Waals surface area contributed by atoms with Crippen LogP contribution in [0.4, 0.5) is 4.79 Å². The zero-order valence-electron chi connectivity index (χ0n) is 18.1. The van der Waals surface area contributed by atoms with E-state index in [2.05, 4.69) is 24.3 Å². The van der Waals surface area contributed by atoms with E-state index >= 15 is 0 Å². The van der Waals surface area contributed by atoms with Crippen LogP contribution in [0.3, 0.4) is 0 Å². The number of ether oxygens (including phenoxy) is 1. The van der Waals surface area contributed by atoms with Crippen molar-refractivity contribution >= 4 is 11.9 Å². The smallest absolute Gasteiger partial charge is 0.409 e. The van der Waals surface area contributed by atoms with E-state index in [9.17, 15) is 14.7 Å². The minimum Gasteiger partial charge on any atom is -0.448 e. The molecule has 1 aliphatic rings. The third-order valence-electron chi connectivity index (χ3n) is 6.08. The van der Waals surface area contributed by atoms with Crippen LogP contribution in [0.5, 0.6) is 0 Å². The predicted octanol–water partition coefficient (Wildman–Crippen LogP) is 4.77. The second-order valence-corrected chi connectivity index (χ2v) is 8.23. The Morgan fingerprint density at radius 2 is 1.60 bits per heavy atom. The van der Waals surface area contributed by atoms with Crippen LogP contribution in [0.1, 0.15) is 56.6 Å². The van der Waals surface area contributed by atoms with Gasteiger partial charge in [-0.1, -0.05) is 55.5 Å². The highest BCUT2D eigenvalue weighted by Crippen LogP contribution is 2.44. The number of hydrogen-bond donors (Lipinski definition) is 1. The summed E-state index contributed by atoms with van der Waals surface area (Å²) in [7, 11) is 1.71. The molecule has 1 unspecified atom stereocenters. The van der Waals surface area contributed by atoms with E-state index in [4.69, 9.17) is 4.74 Å². The number of unbranched alkanes of at least 4 members (excludes halogenated alkanes) is 1. The molecule has 1 atom stereocenters. The minimum absolute atomic E-state index is 0.0450. The molecular weight excluding hydrogens is 378 g/mol. The first kappa shape index (κ1) is 22.0. The molecule has 0 aromatic heterocycles. The van der Waals surface area contributed by atoms with E-state index in [0.29, 0.717) is 38.8 Å². The Bertz CT molecular complexity index is 860. The van der Waals surface area contributed by atoms with Gasteiger partial charge in [0.05, 0.1) is 0 Å². The largest absolute Gasteiger partial charge is 0.448 e. The van der Waals surface area contributed by atoms with Crippen LogP contribution in [0, 0.1) is 0 Å². The number of amides is 1. The molecular formula is C25H31NO4. The van der Waals surface area contributed by atoms with Crippen molar-refractivity contribution in [2.24, 2.45) is 0 Å². The van der Waals surface area contributed by atoms with Crippen molar-refractivity contribution in [3.8, 4) is 11.1 Å². The van der Waals surface area contributed by atoms with Crippen molar-refractivity contribution in [1.29, 1.82) is 0 Å². The zero-order chi connectivity index (χ0) is 21.7. The Hall–Kier alpha value is -2.66. The molecule has 5 nitrogen and oxygen atoms in total. The topological polar surface area (TPSA) is 66.8 Å². The van der Waals surface area contributed by atoms with Gasteiger partial charge in [0.1, 0.15) is 12.2 Å². The van der Waals surface area contributed by atoms with Crippen molar-refractivity contribution in [3.63, 3.8) is 0 Å². The molecule has 2 aromatic carbocycles. The highest BCUT2D eigenvalue weighted by Gasteiger charge is 2.29. The Labute approximate surface area is 178 Å². The van der Waals surface area contributed by atoms with Crippen LogP contribution < -0.4 is 0 Å². The number of nitrogens with zero attached hydrogens (tertiary/aromatic N) is 1. The molecule has 3 rings (SSSR count). The summed E-state index contributed by atoms with van der Waals surface area (Å²) in [6.07, 6.45) is 1.69. The van der Waals surface area contributed by atoms with E-state index < -0.39 is 5.60 Å². The standard InChI is InChI=1S/C25H31NO4/c1-4-25(2,29)23(27)15-9-10-16-26(3)24(28)30-17-22-20-13-7-5-11-18(20)19-12-6-8-14-21(19)22/h5-8,11-14,22,29H,4,9-10,15-17H2,1-3H3. The number of ketones is 1. The normalized spacial score (nSPS) is 14.5. The number of hydrogen-bond acceptors (Lipinski definition) is 4. The van der Waals surface area contributed by atoms with Crippen LogP contribution >= 0.6 is 0 Å². The number of benzene rings is 2. The summed E-state index contributed by atoms with van der Waals surface area (Å²) >= 11 is 0. The van der Waals surface area contributed by atoms with Crippen LogP contribution in [-0.2, 0) is 9.53 Å². The molecule has 5 heteroatoms. The molecule has 0 bridgehead atoms. The summed E-state index contributed by atoms with van der Waals surface area (Å²) in [5.41, 5.74) is 3.54. The molecule has 160 valence electrons. The molecule has 1 amide bonds. The van der Waals surface area contributed by atoms with Gasteiger partial charge >= 0.3 is 6.09 Å². The lowest BCUT2D eigenvalue weighted by atomic mass is 9.94. The Kier molecular flexibility index (Phi) is 6.93. The molecule has 0 heterocycles. The fraction of sp³-hybridized carbons (Fsp3) is 0.440. The first-order valence-electron chi connectivity index (χ1n) is 10.7. The second-order valence-electron chi connectivity index (χ2n) is 8.23. The number of carbonyl (C=O) groups is 2. The number of Topliss-reactive ketones (excluding diaryl/α,β-unsaturated/α-hetero) is 1. The third kappa shape index (κ3) is 4.73. The predicted molar refractivity (Wildman–Crippen MR) is 117 cm³/mol. The summed E-state index contributed by atoms with van der Waals surface area (Å²) in [6, 6.07) is 16.5. The molecule has 0 spiro atoms. The average molecular weight is 410 g/mol. The minimum atomic E-state index is -1.25. The van der Waals surface area contributed by atoms with Gasteiger partial charge in [-0.25, -0.2) is 4.79 Å². The van der Waals surface area contributed by atoms with Crippen molar-refractivity contribution in [3.05, 3.63) is 59.7 Å². The fourth-order valence-electron chi connectivity index (χ4n) is 3.90. The molecule has 0 fully saturated rings. The third-order valence-corrected chi connectivity index (χ3v) is 6.08. The van der Waals surface area contributed by atoms with Gasteiger partial charge < -0.3 is 14.7 Å². The molecule has 1 aliphatic carbocycles.